The normalized spacial score (nSPS) is 12.4. The Morgan fingerprint density at radius 3 is 2.21 bits per heavy atom. The number of benzene rings is 3. The summed E-state index contributed by atoms with van der Waals surface area (Å²) in [5, 5.41) is 5.58. The second-order valence-electron chi connectivity index (χ2n) is 9.33. The first-order valence-corrected chi connectivity index (χ1v) is 12.1. The molecule has 0 bridgehead atoms. The van der Waals surface area contributed by atoms with Gasteiger partial charge in [-0.2, -0.15) is 0 Å². The van der Waals surface area contributed by atoms with Crippen molar-refractivity contribution in [2.45, 2.75) is 27.3 Å². The predicted octanol–water partition coefficient (Wildman–Crippen LogP) is 4.05. The van der Waals surface area contributed by atoms with Crippen molar-refractivity contribution in [3.63, 3.8) is 0 Å². The molecule has 3 aromatic carbocycles. The summed E-state index contributed by atoms with van der Waals surface area (Å²) in [5.41, 5.74) is 2.49. The molecule has 1 aliphatic heterocycles. The fraction of sp³-hybridized carbons (Fsp3) is 0.207. The third kappa shape index (κ3) is 5.95. The van der Waals surface area contributed by atoms with E-state index in [4.69, 9.17) is 4.74 Å². The average Bonchev–Trinajstić information content (AvgIpc) is 3.11. The minimum atomic E-state index is -0.470. The molecule has 0 saturated carbocycles. The van der Waals surface area contributed by atoms with Crippen LogP contribution < -0.4 is 15.4 Å². The Labute approximate surface area is 219 Å². The lowest BCUT2D eigenvalue weighted by atomic mass is 10.1. The van der Waals surface area contributed by atoms with Crippen LogP contribution in [0.1, 0.15) is 67.8 Å². The summed E-state index contributed by atoms with van der Waals surface area (Å²) < 4.78 is 5.01. The molecule has 194 valence electrons. The molecule has 4 amide bonds. The molecule has 0 aliphatic carbocycles. The van der Waals surface area contributed by atoms with E-state index >= 15 is 0 Å². The van der Waals surface area contributed by atoms with Crippen LogP contribution in [-0.4, -0.2) is 41.0 Å². The SMILES string of the molecule is CC(=O)Oc1cccc(C(=O)NCc2ccc(NC(=O)c3ccc4c(c3)C(=O)N(CC(C)C)C4=O)cc2)c1. The van der Waals surface area contributed by atoms with E-state index in [9.17, 15) is 24.0 Å². The number of nitrogens with one attached hydrogen (secondary N) is 2. The summed E-state index contributed by atoms with van der Waals surface area (Å²) in [6.45, 7) is 5.70. The quantitative estimate of drug-likeness (QED) is 0.266. The highest BCUT2D eigenvalue weighted by atomic mass is 16.5. The van der Waals surface area contributed by atoms with Gasteiger partial charge in [0.25, 0.3) is 23.6 Å². The molecule has 0 atom stereocenters. The lowest BCUT2D eigenvalue weighted by Gasteiger charge is -2.15. The molecule has 4 rings (SSSR count). The first-order valence-electron chi connectivity index (χ1n) is 12.1. The fourth-order valence-electron chi connectivity index (χ4n) is 4.02. The molecule has 1 aliphatic rings. The van der Waals surface area contributed by atoms with Gasteiger partial charge in [-0.3, -0.25) is 28.9 Å². The van der Waals surface area contributed by atoms with Gasteiger partial charge in [-0.05, 0) is 60.0 Å². The average molecular weight is 514 g/mol. The second kappa shape index (κ2) is 11.1. The van der Waals surface area contributed by atoms with E-state index < -0.39 is 17.8 Å². The Hall–Kier alpha value is -4.79. The van der Waals surface area contributed by atoms with E-state index in [-0.39, 0.29) is 41.2 Å². The van der Waals surface area contributed by atoms with Crippen LogP contribution in [0.15, 0.2) is 66.7 Å². The van der Waals surface area contributed by atoms with Gasteiger partial charge >= 0.3 is 5.97 Å². The number of esters is 1. The Bertz CT molecular complexity index is 1430. The van der Waals surface area contributed by atoms with Crippen molar-refractivity contribution in [1.29, 1.82) is 0 Å². The van der Waals surface area contributed by atoms with Crippen molar-refractivity contribution in [2.75, 3.05) is 11.9 Å². The molecule has 0 unspecified atom stereocenters. The second-order valence-corrected chi connectivity index (χ2v) is 9.33. The molecule has 0 aromatic heterocycles. The number of fused-ring (bicyclic) bond motifs is 1. The fourth-order valence-corrected chi connectivity index (χ4v) is 4.02. The number of hydrogen-bond acceptors (Lipinski definition) is 6. The summed E-state index contributed by atoms with van der Waals surface area (Å²) in [5.74, 6) is -1.52. The molecular weight excluding hydrogens is 486 g/mol. The number of rotatable bonds is 8. The van der Waals surface area contributed by atoms with Crippen LogP contribution in [0.25, 0.3) is 0 Å². The summed E-state index contributed by atoms with van der Waals surface area (Å²) in [7, 11) is 0. The predicted molar refractivity (Wildman–Crippen MR) is 140 cm³/mol. The van der Waals surface area contributed by atoms with Gasteiger partial charge in [0.1, 0.15) is 5.75 Å². The van der Waals surface area contributed by atoms with Gasteiger partial charge in [0, 0.05) is 36.8 Å². The third-order valence-corrected chi connectivity index (χ3v) is 5.80. The van der Waals surface area contributed by atoms with E-state index in [1.165, 1.54) is 36.1 Å². The first kappa shape index (κ1) is 26.3. The summed E-state index contributed by atoms with van der Waals surface area (Å²) in [6, 6.07) is 17.7. The van der Waals surface area contributed by atoms with Crippen LogP contribution in [0.3, 0.4) is 0 Å². The zero-order chi connectivity index (χ0) is 27.4. The largest absolute Gasteiger partial charge is 0.427 e. The highest BCUT2D eigenvalue weighted by Gasteiger charge is 2.36. The van der Waals surface area contributed by atoms with Crippen LogP contribution >= 0.6 is 0 Å². The van der Waals surface area contributed by atoms with Gasteiger partial charge in [0.15, 0.2) is 0 Å². The Morgan fingerprint density at radius 2 is 1.53 bits per heavy atom. The number of nitrogens with zero attached hydrogens (tertiary/aromatic N) is 1. The van der Waals surface area contributed by atoms with Gasteiger partial charge in [0.2, 0.25) is 0 Å². The Kier molecular flexibility index (Phi) is 7.66. The van der Waals surface area contributed by atoms with Gasteiger partial charge in [0.05, 0.1) is 11.1 Å². The maximum atomic E-state index is 12.8. The van der Waals surface area contributed by atoms with Crippen LogP contribution in [0.2, 0.25) is 0 Å². The van der Waals surface area contributed by atoms with Crippen LogP contribution in [0.4, 0.5) is 5.69 Å². The monoisotopic (exact) mass is 513 g/mol. The standard InChI is InChI=1S/C29H27N3O6/c1-17(2)16-32-28(36)24-12-9-21(14-25(24)29(32)37)27(35)31-22-10-7-19(8-11-22)15-30-26(34)20-5-4-6-23(13-20)38-18(3)33/h4-14,17H,15-16H2,1-3H3,(H,30,34)(H,31,35). The molecule has 9 heteroatoms. The Balaban J connectivity index is 1.36. The number of carbonyl (C=O) groups excluding carboxylic acids is 5. The molecule has 0 spiro atoms. The van der Waals surface area contributed by atoms with E-state index in [0.29, 0.717) is 23.4 Å². The summed E-state index contributed by atoms with van der Waals surface area (Å²) >= 11 is 0. The highest BCUT2D eigenvalue weighted by molar-refractivity contribution is 6.22. The van der Waals surface area contributed by atoms with E-state index in [1.807, 2.05) is 13.8 Å². The molecule has 0 radical (unpaired) electrons. The minimum absolute atomic E-state index is 0.134. The van der Waals surface area contributed by atoms with Crippen molar-refractivity contribution in [3.8, 4) is 5.75 Å². The molecule has 9 nitrogen and oxygen atoms in total. The molecule has 3 aromatic rings. The van der Waals surface area contributed by atoms with E-state index in [0.717, 1.165) is 5.56 Å². The summed E-state index contributed by atoms with van der Waals surface area (Å²) in [6.07, 6.45) is 0. The zero-order valence-electron chi connectivity index (χ0n) is 21.2. The van der Waals surface area contributed by atoms with Crippen molar-refractivity contribution in [2.24, 2.45) is 5.92 Å². The van der Waals surface area contributed by atoms with Crippen molar-refractivity contribution in [3.05, 3.63) is 94.5 Å². The van der Waals surface area contributed by atoms with Crippen LogP contribution in [0.5, 0.6) is 5.75 Å². The lowest BCUT2D eigenvalue weighted by molar-refractivity contribution is -0.131. The van der Waals surface area contributed by atoms with Gasteiger partial charge in [-0.15, -0.1) is 0 Å². The molecular formula is C29H27N3O6. The lowest BCUT2D eigenvalue weighted by Crippen LogP contribution is -2.33. The van der Waals surface area contributed by atoms with Gasteiger partial charge in [-0.25, -0.2) is 0 Å². The molecule has 0 fully saturated rings. The number of amides is 4. The van der Waals surface area contributed by atoms with Crippen molar-refractivity contribution < 1.29 is 28.7 Å². The maximum absolute atomic E-state index is 12.8. The van der Waals surface area contributed by atoms with Gasteiger partial charge < -0.3 is 15.4 Å². The highest BCUT2D eigenvalue weighted by Crippen LogP contribution is 2.25. The number of carbonyl (C=O) groups is 5. The number of hydrogen-bond donors (Lipinski definition) is 2. The third-order valence-electron chi connectivity index (χ3n) is 5.80. The van der Waals surface area contributed by atoms with E-state index in [1.54, 1.807) is 42.5 Å². The summed E-state index contributed by atoms with van der Waals surface area (Å²) in [4.78, 5) is 62.8. The number of ether oxygens (including phenoxy) is 1. The zero-order valence-corrected chi connectivity index (χ0v) is 21.2. The van der Waals surface area contributed by atoms with Crippen molar-refractivity contribution >= 4 is 35.3 Å². The van der Waals surface area contributed by atoms with Crippen LogP contribution in [-0.2, 0) is 11.3 Å². The Morgan fingerprint density at radius 1 is 0.842 bits per heavy atom. The van der Waals surface area contributed by atoms with Gasteiger partial charge in [-0.1, -0.05) is 32.0 Å². The molecule has 2 N–H and O–H groups in total. The number of anilines is 1. The first-order chi connectivity index (χ1) is 18.1. The topological polar surface area (TPSA) is 122 Å². The molecule has 0 saturated heterocycles. The maximum Gasteiger partial charge on any atom is 0.308 e. The van der Waals surface area contributed by atoms with Crippen LogP contribution in [0, 0.1) is 5.92 Å². The molecule has 38 heavy (non-hydrogen) atoms. The van der Waals surface area contributed by atoms with E-state index in [2.05, 4.69) is 10.6 Å². The minimum Gasteiger partial charge on any atom is -0.427 e. The molecule has 1 heterocycles. The number of imide groups is 1. The van der Waals surface area contributed by atoms with Crippen molar-refractivity contribution in [1.82, 2.24) is 10.2 Å². The smallest absolute Gasteiger partial charge is 0.308 e.